The van der Waals surface area contributed by atoms with Crippen LogP contribution in [0.4, 0.5) is 4.39 Å². The number of halogens is 2. The maximum absolute atomic E-state index is 14.1. The van der Waals surface area contributed by atoms with E-state index in [-0.39, 0.29) is 10.9 Å². The molecule has 2 aromatic carbocycles. The molecule has 7 heteroatoms. The average Bonchev–Trinajstić information content (AvgIpc) is 3.18. The Morgan fingerprint density at radius 2 is 1.92 bits per heavy atom. The molecule has 3 aromatic rings. The number of rotatable bonds is 10. The van der Waals surface area contributed by atoms with Crippen LogP contribution in [0.25, 0.3) is 11.6 Å². The van der Waals surface area contributed by atoms with Gasteiger partial charge < -0.3 is 15.1 Å². The minimum absolute atomic E-state index is 0.0657. The Morgan fingerprint density at radius 3 is 2.61 bits per heavy atom. The lowest BCUT2D eigenvalue weighted by Gasteiger charge is -2.20. The van der Waals surface area contributed by atoms with Gasteiger partial charge in [-0.2, -0.15) is 4.73 Å². The van der Waals surface area contributed by atoms with Crippen molar-refractivity contribution in [1.82, 2.24) is 14.9 Å². The highest BCUT2D eigenvalue weighted by Gasteiger charge is 2.19. The van der Waals surface area contributed by atoms with Gasteiger partial charge >= 0.3 is 0 Å². The van der Waals surface area contributed by atoms with Gasteiger partial charge in [0.15, 0.2) is 0 Å². The molecule has 190 valence electrons. The lowest BCUT2D eigenvalue weighted by molar-refractivity contribution is 0.0466. The van der Waals surface area contributed by atoms with Gasteiger partial charge in [-0.25, -0.2) is 4.39 Å². The number of nitrogens with zero attached hydrogens (tertiary/aromatic N) is 2. The molecule has 1 aromatic heterocycles. The van der Waals surface area contributed by atoms with Crippen LogP contribution in [-0.2, 0) is 0 Å². The number of hydrogen-bond donors (Lipinski definition) is 1. The van der Waals surface area contributed by atoms with Crippen molar-refractivity contribution in [3.05, 3.63) is 106 Å². The van der Waals surface area contributed by atoms with E-state index in [2.05, 4.69) is 11.9 Å². The number of benzene rings is 2. The van der Waals surface area contributed by atoms with Crippen LogP contribution in [0, 0.1) is 19.7 Å². The summed E-state index contributed by atoms with van der Waals surface area (Å²) in [4.78, 5) is 20.8. The van der Waals surface area contributed by atoms with Gasteiger partial charge in [-0.05, 0) is 87.5 Å². The predicted molar refractivity (Wildman–Crippen MR) is 146 cm³/mol. The fraction of sp³-hybridized carbons (Fsp3) is 0.276. The fourth-order valence-corrected chi connectivity index (χ4v) is 4.28. The molecule has 0 aliphatic carbocycles. The first kappa shape index (κ1) is 27.2. The van der Waals surface area contributed by atoms with E-state index in [1.165, 1.54) is 6.07 Å². The van der Waals surface area contributed by atoms with E-state index >= 15 is 0 Å². The molecule has 0 fully saturated rings. The van der Waals surface area contributed by atoms with Crippen molar-refractivity contribution in [1.29, 1.82) is 0 Å². The topological polar surface area (TPSA) is 46.5 Å². The van der Waals surface area contributed by atoms with E-state index < -0.39 is 11.9 Å². The third kappa shape index (κ3) is 6.45. The van der Waals surface area contributed by atoms with Gasteiger partial charge in [-0.3, -0.25) is 4.79 Å². The minimum atomic E-state index is -0.492. The highest BCUT2D eigenvalue weighted by atomic mass is 35.5. The number of carbonyl (C=O) groups is 1. The van der Waals surface area contributed by atoms with Gasteiger partial charge in [0, 0.05) is 30.4 Å². The third-order valence-electron chi connectivity index (χ3n) is 5.95. The Bertz CT molecular complexity index is 1280. The first-order valence-electron chi connectivity index (χ1n) is 11.8. The SMILES string of the molecule is C=C/C(=C\c1c(C)ccn1OC(C)c1c(C)ccc(F)c1Cl)c1cccc(C(=O)NCCN(C)C)c1. The molecule has 0 aliphatic heterocycles. The van der Waals surface area contributed by atoms with Crippen molar-refractivity contribution in [2.24, 2.45) is 0 Å². The van der Waals surface area contributed by atoms with E-state index in [9.17, 15) is 9.18 Å². The molecule has 3 rings (SSSR count). The van der Waals surface area contributed by atoms with Crippen LogP contribution in [0.3, 0.4) is 0 Å². The molecule has 1 heterocycles. The third-order valence-corrected chi connectivity index (χ3v) is 6.33. The molecule has 0 spiro atoms. The molecule has 1 amide bonds. The van der Waals surface area contributed by atoms with Crippen molar-refractivity contribution < 1.29 is 14.0 Å². The summed E-state index contributed by atoms with van der Waals surface area (Å²) in [5, 5.41) is 3.01. The van der Waals surface area contributed by atoms with Gasteiger partial charge in [0.05, 0.1) is 10.7 Å². The van der Waals surface area contributed by atoms with E-state index in [0.717, 1.165) is 34.5 Å². The molecule has 36 heavy (non-hydrogen) atoms. The molecule has 0 bridgehead atoms. The molecule has 1 unspecified atom stereocenters. The van der Waals surface area contributed by atoms with Crippen molar-refractivity contribution in [2.45, 2.75) is 26.9 Å². The standard InChI is InChI=1S/C29H33ClFN3O2/c1-7-22(23-9-8-10-24(17-23)29(35)32-14-16-33(5)6)18-26-19(2)13-15-34(26)36-21(4)27-20(3)11-12-25(31)28(27)30/h7-13,15,17-18,21H,1,14,16H2,2-6H3,(H,32,35)/b22-18+. The van der Waals surface area contributed by atoms with Crippen molar-refractivity contribution in [3.8, 4) is 0 Å². The first-order chi connectivity index (χ1) is 17.1. The zero-order valence-electron chi connectivity index (χ0n) is 21.4. The van der Waals surface area contributed by atoms with Gasteiger partial charge in [0.25, 0.3) is 5.91 Å². The first-order valence-corrected chi connectivity index (χ1v) is 12.2. The van der Waals surface area contributed by atoms with Crippen molar-refractivity contribution in [2.75, 3.05) is 27.2 Å². The van der Waals surface area contributed by atoms with E-state index in [1.54, 1.807) is 22.9 Å². The summed E-state index contributed by atoms with van der Waals surface area (Å²) in [5.41, 5.74) is 5.51. The smallest absolute Gasteiger partial charge is 0.251 e. The lowest BCUT2D eigenvalue weighted by Crippen LogP contribution is -2.31. The lowest BCUT2D eigenvalue weighted by atomic mass is 10.0. The molecule has 0 saturated carbocycles. The number of aryl methyl sites for hydroxylation is 2. The van der Waals surface area contributed by atoms with Gasteiger partial charge in [-0.1, -0.05) is 42.5 Å². The summed E-state index contributed by atoms with van der Waals surface area (Å²) < 4.78 is 15.7. The summed E-state index contributed by atoms with van der Waals surface area (Å²) in [6.07, 6.45) is 5.03. The molecule has 0 radical (unpaired) electrons. The normalized spacial score (nSPS) is 12.5. The van der Waals surface area contributed by atoms with Gasteiger partial charge in [0.2, 0.25) is 0 Å². The summed E-state index contributed by atoms with van der Waals surface area (Å²) in [7, 11) is 3.92. The maximum Gasteiger partial charge on any atom is 0.251 e. The number of aromatic nitrogens is 1. The zero-order valence-corrected chi connectivity index (χ0v) is 22.2. The Labute approximate surface area is 217 Å². The maximum atomic E-state index is 14.1. The fourth-order valence-electron chi connectivity index (χ4n) is 3.92. The Hall–Kier alpha value is -3.35. The highest BCUT2D eigenvalue weighted by Crippen LogP contribution is 2.30. The molecule has 1 N–H and O–H groups in total. The second-order valence-electron chi connectivity index (χ2n) is 8.99. The summed E-state index contributed by atoms with van der Waals surface area (Å²) in [5.74, 6) is -0.600. The van der Waals surface area contributed by atoms with Crippen LogP contribution in [0.5, 0.6) is 0 Å². The van der Waals surface area contributed by atoms with Crippen molar-refractivity contribution >= 4 is 29.2 Å². The highest BCUT2D eigenvalue weighted by molar-refractivity contribution is 6.31. The molecule has 1 atom stereocenters. The monoisotopic (exact) mass is 509 g/mol. The second kappa shape index (κ2) is 12.1. The van der Waals surface area contributed by atoms with E-state index in [4.69, 9.17) is 16.4 Å². The summed E-state index contributed by atoms with van der Waals surface area (Å²) in [6.45, 7) is 11.0. The van der Waals surface area contributed by atoms with Crippen LogP contribution >= 0.6 is 11.6 Å². The Balaban J connectivity index is 1.89. The zero-order chi connectivity index (χ0) is 26.4. The molecule has 0 aliphatic rings. The van der Waals surface area contributed by atoms with E-state index in [0.29, 0.717) is 17.7 Å². The number of nitrogens with one attached hydrogen (secondary N) is 1. The van der Waals surface area contributed by atoms with Gasteiger partial charge in [0.1, 0.15) is 11.9 Å². The Morgan fingerprint density at radius 1 is 1.19 bits per heavy atom. The van der Waals surface area contributed by atoms with Crippen LogP contribution in [0.1, 0.15) is 51.3 Å². The van der Waals surface area contributed by atoms with E-state index in [1.807, 2.05) is 76.3 Å². The predicted octanol–water partition coefficient (Wildman–Crippen LogP) is 6.11. The van der Waals surface area contributed by atoms with Crippen LogP contribution in [0.2, 0.25) is 5.02 Å². The average molecular weight is 510 g/mol. The molecular formula is C29H33ClFN3O2. The largest absolute Gasteiger partial charge is 0.406 e. The Kier molecular flexibility index (Phi) is 9.13. The minimum Gasteiger partial charge on any atom is -0.406 e. The van der Waals surface area contributed by atoms with Gasteiger partial charge in [-0.15, -0.1) is 0 Å². The number of hydrogen-bond acceptors (Lipinski definition) is 3. The number of amides is 1. The van der Waals surface area contributed by atoms with Crippen LogP contribution < -0.4 is 10.2 Å². The number of carbonyl (C=O) groups excluding carboxylic acids is 1. The van der Waals surface area contributed by atoms with Crippen molar-refractivity contribution in [3.63, 3.8) is 0 Å². The second-order valence-corrected chi connectivity index (χ2v) is 9.37. The van der Waals surface area contributed by atoms with Crippen LogP contribution in [-0.4, -0.2) is 42.7 Å². The number of allylic oxidation sites excluding steroid dienone is 2. The number of likely N-dealkylation sites (N-methyl/N-ethyl adjacent to an activating group) is 1. The summed E-state index contributed by atoms with van der Waals surface area (Å²) >= 11 is 6.25. The molecule has 5 nitrogen and oxygen atoms in total. The van der Waals surface area contributed by atoms with Crippen LogP contribution in [0.15, 0.2) is 61.3 Å². The quantitative estimate of drug-likeness (QED) is 0.336. The molecular weight excluding hydrogens is 477 g/mol. The summed E-state index contributed by atoms with van der Waals surface area (Å²) in [6, 6.07) is 12.4. The molecule has 0 saturated heterocycles.